The van der Waals surface area contributed by atoms with E-state index in [2.05, 4.69) is 63.2 Å². The quantitative estimate of drug-likeness (QED) is 0.699. The summed E-state index contributed by atoms with van der Waals surface area (Å²) < 4.78 is 1.75. The number of rotatable bonds is 4. The van der Waals surface area contributed by atoms with E-state index in [1.807, 2.05) is 24.3 Å². The summed E-state index contributed by atoms with van der Waals surface area (Å²) in [6.07, 6.45) is 1.79. The van der Waals surface area contributed by atoms with Crippen LogP contribution in [0.15, 0.2) is 45.3 Å². The van der Waals surface area contributed by atoms with Crippen LogP contribution in [0, 0.1) is 0 Å². The fraction of sp³-hybridized carbons (Fsp3) is 0.235. The Morgan fingerprint density at radius 3 is 2.00 bits per heavy atom. The fourth-order valence-corrected chi connectivity index (χ4v) is 3.57. The van der Waals surface area contributed by atoms with Crippen molar-refractivity contribution in [1.82, 2.24) is 0 Å². The lowest BCUT2D eigenvalue weighted by Gasteiger charge is -2.14. The van der Waals surface area contributed by atoms with Gasteiger partial charge in [-0.2, -0.15) is 0 Å². The Morgan fingerprint density at radius 2 is 1.52 bits per heavy atom. The predicted octanol–water partition coefficient (Wildman–Crippen LogP) is 5.59. The first kappa shape index (κ1) is 16.2. The summed E-state index contributed by atoms with van der Waals surface area (Å²) in [5.41, 5.74) is 3.90. The van der Waals surface area contributed by atoms with Crippen molar-refractivity contribution >= 4 is 43.5 Å². The first-order valence-corrected chi connectivity index (χ1v) is 8.52. The van der Waals surface area contributed by atoms with Crippen molar-refractivity contribution in [2.75, 3.05) is 5.32 Å². The first-order valence-electron chi connectivity index (χ1n) is 6.93. The highest BCUT2D eigenvalue weighted by Crippen LogP contribution is 2.25. The van der Waals surface area contributed by atoms with Gasteiger partial charge in [-0.1, -0.05) is 63.9 Å². The molecule has 1 amide bonds. The Balaban J connectivity index is 2.35. The highest BCUT2D eigenvalue weighted by Gasteiger charge is 2.12. The summed E-state index contributed by atoms with van der Waals surface area (Å²) in [5, 5.41) is 3.07. The van der Waals surface area contributed by atoms with E-state index in [0.717, 1.165) is 38.6 Å². The first-order chi connectivity index (χ1) is 10.0. The predicted molar refractivity (Wildman–Crippen MR) is 95.0 cm³/mol. The number of carbonyl (C=O) groups is 1. The van der Waals surface area contributed by atoms with Gasteiger partial charge < -0.3 is 5.32 Å². The topological polar surface area (TPSA) is 29.1 Å². The van der Waals surface area contributed by atoms with E-state index in [0.29, 0.717) is 5.56 Å². The molecule has 2 nitrogen and oxygen atoms in total. The summed E-state index contributed by atoms with van der Waals surface area (Å²) in [5.74, 6) is -0.0902. The monoisotopic (exact) mass is 409 g/mol. The van der Waals surface area contributed by atoms with Crippen LogP contribution in [0.5, 0.6) is 0 Å². The van der Waals surface area contributed by atoms with Crippen LogP contribution in [0.2, 0.25) is 0 Å². The molecule has 0 aliphatic heterocycles. The zero-order chi connectivity index (χ0) is 15.4. The number of nitrogens with one attached hydrogen (secondary N) is 1. The highest BCUT2D eigenvalue weighted by molar-refractivity contribution is 9.11. The Kier molecular flexibility index (Phi) is 5.59. The standard InChI is InChI=1S/C17H17Br2NO/c1-3-11-6-5-7-12(4-2)16(11)20-17(21)13-8-14(18)10-15(19)9-13/h5-10H,3-4H2,1-2H3,(H,20,21). The molecule has 2 rings (SSSR count). The molecule has 0 saturated carbocycles. The van der Waals surface area contributed by atoms with Crippen molar-refractivity contribution in [2.24, 2.45) is 0 Å². The minimum Gasteiger partial charge on any atom is -0.321 e. The van der Waals surface area contributed by atoms with Gasteiger partial charge in [0.05, 0.1) is 0 Å². The van der Waals surface area contributed by atoms with E-state index >= 15 is 0 Å². The number of halogens is 2. The number of carbonyl (C=O) groups excluding carboxylic acids is 1. The molecule has 0 fully saturated rings. The van der Waals surface area contributed by atoms with E-state index in [-0.39, 0.29) is 5.91 Å². The smallest absolute Gasteiger partial charge is 0.255 e. The number of para-hydroxylation sites is 1. The Bertz CT molecular complexity index is 625. The lowest BCUT2D eigenvalue weighted by atomic mass is 10.0. The maximum absolute atomic E-state index is 12.5. The largest absolute Gasteiger partial charge is 0.321 e. The lowest BCUT2D eigenvalue weighted by molar-refractivity contribution is 0.102. The van der Waals surface area contributed by atoms with Crippen LogP contribution in [0.25, 0.3) is 0 Å². The molecule has 21 heavy (non-hydrogen) atoms. The van der Waals surface area contributed by atoms with Gasteiger partial charge in [0.15, 0.2) is 0 Å². The molecular weight excluding hydrogens is 394 g/mol. The third kappa shape index (κ3) is 3.95. The van der Waals surface area contributed by atoms with Crippen LogP contribution in [-0.4, -0.2) is 5.91 Å². The van der Waals surface area contributed by atoms with Gasteiger partial charge in [-0.25, -0.2) is 0 Å². The second kappa shape index (κ2) is 7.23. The van der Waals surface area contributed by atoms with Crippen LogP contribution in [0.4, 0.5) is 5.69 Å². The lowest BCUT2D eigenvalue weighted by Crippen LogP contribution is -2.15. The van der Waals surface area contributed by atoms with Crippen LogP contribution in [-0.2, 0) is 12.8 Å². The highest BCUT2D eigenvalue weighted by atomic mass is 79.9. The summed E-state index contributed by atoms with van der Waals surface area (Å²) in [4.78, 5) is 12.5. The molecule has 0 aliphatic rings. The average Bonchev–Trinajstić information content (AvgIpc) is 2.46. The minimum atomic E-state index is -0.0902. The summed E-state index contributed by atoms with van der Waals surface area (Å²) in [6.45, 7) is 4.19. The molecule has 4 heteroatoms. The van der Waals surface area contributed by atoms with Gasteiger partial charge in [0.25, 0.3) is 5.91 Å². The SMILES string of the molecule is CCc1cccc(CC)c1NC(=O)c1cc(Br)cc(Br)c1. The van der Waals surface area contributed by atoms with Gasteiger partial charge in [-0.15, -0.1) is 0 Å². The molecule has 2 aromatic carbocycles. The van der Waals surface area contributed by atoms with Crippen LogP contribution < -0.4 is 5.32 Å². The zero-order valence-electron chi connectivity index (χ0n) is 12.0. The third-order valence-corrected chi connectivity index (χ3v) is 4.28. The second-order valence-electron chi connectivity index (χ2n) is 4.77. The number of amides is 1. The third-order valence-electron chi connectivity index (χ3n) is 3.36. The van der Waals surface area contributed by atoms with Crippen molar-refractivity contribution < 1.29 is 4.79 Å². The van der Waals surface area contributed by atoms with Crippen molar-refractivity contribution in [3.05, 3.63) is 62.0 Å². The number of aryl methyl sites for hydroxylation is 2. The molecular formula is C17H17Br2NO. The van der Waals surface area contributed by atoms with Crippen molar-refractivity contribution in [3.63, 3.8) is 0 Å². The molecule has 0 unspecified atom stereocenters. The van der Waals surface area contributed by atoms with Crippen LogP contribution >= 0.6 is 31.9 Å². The molecule has 0 atom stereocenters. The van der Waals surface area contributed by atoms with Gasteiger partial charge in [-0.3, -0.25) is 4.79 Å². The van der Waals surface area contributed by atoms with Crippen molar-refractivity contribution in [1.29, 1.82) is 0 Å². The molecule has 0 bridgehead atoms. The average molecular weight is 411 g/mol. The normalized spacial score (nSPS) is 10.5. The molecule has 0 spiro atoms. The van der Waals surface area contributed by atoms with Crippen molar-refractivity contribution in [3.8, 4) is 0 Å². The van der Waals surface area contributed by atoms with Gasteiger partial charge in [0, 0.05) is 20.2 Å². The van der Waals surface area contributed by atoms with Gasteiger partial charge in [0.1, 0.15) is 0 Å². The molecule has 0 aromatic heterocycles. The van der Waals surface area contributed by atoms with Gasteiger partial charge in [0.2, 0.25) is 0 Å². The number of hydrogen-bond donors (Lipinski definition) is 1. The Labute approximate surface area is 142 Å². The zero-order valence-corrected chi connectivity index (χ0v) is 15.2. The molecule has 0 saturated heterocycles. The van der Waals surface area contributed by atoms with E-state index in [4.69, 9.17) is 0 Å². The Hall–Kier alpha value is -1.13. The number of anilines is 1. The molecule has 1 N–H and O–H groups in total. The summed E-state index contributed by atoms with van der Waals surface area (Å²) in [7, 11) is 0. The van der Waals surface area contributed by atoms with Gasteiger partial charge in [-0.05, 0) is 42.2 Å². The summed E-state index contributed by atoms with van der Waals surface area (Å²) in [6, 6.07) is 11.7. The molecule has 110 valence electrons. The van der Waals surface area contributed by atoms with E-state index < -0.39 is 0 Å². The second-order valence-corrected chi connectivity index (χ2v) is 6.60. The van der Waals surface area contributed by atoms with Crippen molar-refractivity contribution in [2.45, 2.75) is 26.7 Å². The van der Waals surface area contributed by atoms with E-state index in [1.54, 1.807) is 0 Å². The molecule has 0 radical (unpaired) electrons. The molecule has 2 aromatic rings. The number of benzene rings is 2. The maximum atomic E-state index is 12.5. The van der Waals surface area contributed by atoms with Crippen LogP contribution in [0.3, 0.4) is 0 Å². The van der Waals surface area contributed by atoms with Gasteiger partial charge >= 0.3 is 0 Å². The number of hydrogen-bond acceptors (Lipinski definition) is 1. The van der Waals surface area contributed by atoms with E-state index in [1.165, 1.54) is 0 Å². The minimum absolute atomic E-state index is 0.0902. The fourth-order valence-electron chi connectivity index (χ4n) is 2.27. The Morgan fingerprint density at radius 1 is 1.00 bits per heavy atom. The summed E-state index contributed by atoms with van der Waals surface area (Å²) >= 11 is 6.83. The van der Waals surface area contributed by atoms with E-state index in [9.17, 15) is 4.79 Å². The van der Waals surface area contributed by atoms with Crippen LogP contribution in [0.1, 0.15) is 35.3 Å². The molecule has 0 aliphatic carbocycles. The maximum Gasteiger partial charge on any atom is 0.255 e. The molecule has 0 heterocycles.